The predicted molar refractivity (Wildman–Crippen MR) is 99.8 cm³/mol. The van der Waals surface area contributed by atoms with Crippen molar-refractivity contribution in [3.63, 3.8) is 0 Å². The van der Waals surface area contributed by atoms with E-state index in [0.717, 1.165) is 32.2 Å². The molecule has 3 N–H and O–H groups in total. The summed E-state index contributed by atoms with van der Waals surface area (Å²) in [4.78, 5) is 14.5. The van der Waals surface area contributed by atoms with Crippen LogP contribution < -0.4 is 16.0 Å². The van der Waals surface area contributed by atoms with Crippen molar-refractivity contribution in [1.29, 1.82) is 0 Å². The van der Waals surface area contributed by atoms with Crippen molar-refractivity contribution in [1.82, 2.24) is 5.32 Å². The first kappa shape index (κ1) is 20.1. The fraction of sp³-hybridized carbons (Fsp3) is 0.588. The topological polar surface area (TPSA) is 58.4 Å². The van der Waals surface area contributed by atoms with Gasteiger partial charge in [-0.2, -0.15) is 0 Å². The van der Waals surface area contributed by atoms with Crippen molar-refractivity contribution in [3.8, 4) is 0 Å². The van der Waals surface area contributed by atoms with Gasteiger partial charge in [-0.15, -0.1) is 24.8 Å². The lowest BCUT2D eigenvalue weighted by Gasteiger charge is -2.25. The second-order valence-corrected chi connectivity index (χ2v) is 6.44. The Hall–Kier alpha value is -0.970. The SMILES string of the molecule is CC1Cc2ccccc2N1CCNC(=O)C1CCC(N)C1.Cl.Cl. The molecule has 0 saturated heterocycles. The number of hydrogen-bond donors (Lipinski definition) is 2. The highest BCUT2D eigenvalue weighted by Gasteiger charge is 2.28. The molecule has 23 heavy (non-hydrogen) atoms. The summed E-state index contributed by atoms with van der Waals surface area (Å²) in [5, 5.41) is 3.09. The molecule has 1 fully saturated rings. The molecule has 4 nitrogen and oxygen atoms in total. The number of halogens is 2. The molecule has 6 heteroatoms. The molecule has 3 atom stereocenters. The Morgan fingerprint density at radius 1 is 1.30 bits per heavy atom. The summed E-state index contributed by atoms with van der Waals surface area (Å²) >= 11 is 0. The lowest BCUT2D eigenvalue weighted by Crippen LogP contribution is -2.39. The Kier molecular flexibility index (Phi) is 7.65. The van der Waals surface area contributed by atoms with Crippen LogP contribution >= 0.6 is 24.8 Å². The highest BCUT2D eigenvalue weighted by molar-refractivity contribution is 5.85. The lowest BCUT2D eigenvalue weighted by molar-refractivity contribution is -0.124. The van der Waals surface area contributed by atoms with Crippen LogP contribution in [0.2, 0.25) is 0 Å². The number of hydrogen-bond acceptors (Lipinski definition) is 3. The van der Waals surface area contributed by atoms with Gasteiger partial charge >= 0.3 is 0 Å². The number of para-hydroxylation sites is 1. The average molecular weight is 360 g/mol. The van der Waals surface area contributed by atoms with Gasteiger partial charge in [0.25, 0.3) is 0 Å². The Balaban J connectivity index is 0.00000132. The van der Waals surface area contributed by atoms with Crippen LogP contribution in [0.15, 0.2) is 24.3 Å². The molecule has 0 radical (unpaired) electrons. The number of carbonyl (C=O) groups excluding carboxylic acids is 1. The number of benzene rings is 1. The van der Waals surface area contributed by atoms with Crippen LogP contribution in [0.1, 0.15) is 31.7 Å². The van der Waals surface area contributed by atoms with Crippen molar-refractivity contribution >= 4 is 36.4 Å². The fourth-order valence-corrected chi connectivity index (χ4v) is 3.67. The van der Waals surface area contributed by atoms with Gasteiger partial charge in [-0.05, 0) is 44.2 Å². The number of rotatable bonds is 4. The first-order chi connectivity index (χ1) is 10.1. The monoisotopic (exact) mass is 359 g/mol. The smallest absolute Gasteiger partial charge is 0.223 e. The number of nitrogens with two attached hydrogens (primary N) is 1. The molecule has 0 spiro atoms. The van der Waals surface area contributed by atoms with Crippen LogP contribution in [-0.2, 0) is 11.2 Å². The zero-order valence-corrected chi connectivity index (χ0v) is 15.2. The van der Waals surface area contributed by atoms with Gasteiger partial charge in [0.2, 0.25) is 5.91 Å². The summed E-state index contributed by atoms with van der Waals surface area (Å²) in [5.41, 5.74) is 8.61. The van der Waals surface area contributed by atoms with Crippen molar-refractivity contribution < 1.29 is 4.79 Å². The van der Waals surface area contributed by atoms with Gasteiger partial charge in [0.05, 0.1) is 0 Å². The minimum atomic E-state index is 0. The molecule has 0 bridgehead atoms. The number of nitrogens with one attached hydrogen (secondary N) is 1. The van der Waals surface area contributed by atoms with E-state index in [1.807, 2.05) is 0 Å². The molecular formula is C17H27Cl2N3O. The summed E-state index contributed by atoms with van der Waals surface area (Å²) in [5.74, 6) is 0.311. The third-order valence-corrected chi connectivity index (χ3v) is 4.84. The Labute approximate surface area is 151 Å². The molecule has 3 unspecified atom stereocenters. The third kappa shape index (κ3) is 4.52. The van der Waals surface area contributed by atoms with Crippen LogP contribution in [0.5, 0.6) is 0 Å². The standard InChI is InChI=1S/C17H25N3O.2ClH/c1-12-10-13-4-2-3-5-16(13)20(12)9-8-19-17(21)14-6-7-15(18)11-14;;/h2-5,12,14-15H,6-11,18H2,1H3,(H,19,21);2*1H. The number of carbonyl (C=O) groups is 1. The van der Waals surface area contributed by atoms with Gasteiger partial charge in [-0.3, -0.25) is 4.79 Å². The lowest BCUT2D eigenvalue weighted by atomic mass is 10.1. The van der Waals surface area contributed by atoms with E-state index in [9.17, 15) is 4.79 Å². The van der Waals surface area contributed by atoms with Crippen molar-refractivity contribution in [3.05, 3.63) is 29.8 Å². The van der Waals surface area contributed by atoms with Gasteiger partial charge in [-0.1, -0.05) is 18.2 Å². The molecule has 2 aliphatic rings. The molecular weight excluding hydrogens is 333 g/mol. The van der Waals surface area contributed by atoms with Gasteiger partial charge in [0, 0.05) is 36.8 Å². The van der Waals surface area contributed by atoms with Crippen molar-refractivity contribution in [2.75, 3.05) is 18.0 Å². The summed E-state index contributed by atoms with van der Waals surface area (Å²) in [6, 6.07) is 9.29. The molecule has 1 amide bonds. The first-order valence-electron chi connectivity index (χ1n) is 8.03. The van der Waals surface area contributed by atoms with Crippen molar-refractivity contribution in [2.24, 2.45) is 11.7 Å². The summed E-state index contributed by atoms with van der Waals surface area (Å²) in [6.07, 6.45) is 3.86. The molecule has 1 aromatic carbocycles. The molecule has 1 heterocycles. The number of amides is 1. The normalized spacial score (nSPS) is 25.3. The van der Waals surface area contributed by atoms with E-state index >= 15 is 0 Å². The van der Waals surface area contributed by atoms with Crippen LogP contribution in [0.4, 0.5) is 5.69 Å². The van der Waals surface area contributed by atoms with E-state index < -0.39 is 0 Å². The highest BCUT2D eigenvalue weighted by atomic mass is 35.5. The third-order valence-electron chi connectivity index (χ3n) is 4.84. The van der Waals surface area contributed by atoms with E-state index in [4.69, 9.17) is 5.73 Å². The maximum atomic E-state index is 12.1. The van der Waals surface area contributed by atoms with E-state index in [1.54, 1.807) is 0 Å². The summed E-state index contributed by atoms with van der Waals surface area (Å²) < 4.78 is 0. The van der Waals surface area contributed by atoms with E-state index in [1.165, 1.54) is 11.3 Å². The molecule has 1 aromatic rings. The molecule has 0 aromatic heterocycles. The van der Waals surface area contributed by atoms with Crippen LogP contribution in [0.25, 0.3) is 0 Å². The van der Waals surface area contributed by atoms with E-state index in [-0.39, 0.29) is 42.7 Å². The molecule has 3 rings (SSSR count). The molecule has 1 aliphatic heterocycles. The quantitative estimate of drug-likeness (QED) is 0.868. The summed E-state index contributed by atoms with van der Waals surface area (Å²) in [6.45, 7) is 3.84. The second kappa shape index (κ2) is 8.76. The highest BCUT2D eigenvalue weighted by Crippen LogP contribution is 2.31. The average Bonchev–Trinajstić information content (AvgIpc) is 3.03. The second-order valence-electron chi connectivity index (χ2n) is 6.44. The first-order valence-corrected chi connectivity index (χ1v) is 8.03. The zero-order chi connectivity index (χ0) is 14.8. The number of nitrogens with zero attached hydrogens (tertiary/aromatic N) is 1. The predicted octanol–water partition coefficient (Wildman–Crippen LogP) is 2.52. The number of fused-ring (bicyclic) bond motifs is 1. The Morgan fingerprint density at radius 3 is 2.74 bits per heavy atom. The van der Waals surface area contributed by atoms with Gasteiger partial charge in [0.15, 0.2) is 0 Å². The molecule has 130 valence electrons. The van der Waals surface area contributed by atoms with Gasteiger partial charge in [0.1, 0.15) is 0 Å². The number of anilines is 1. The van der Waals surface area contributed by atoms with Gasteiger partial charge < -0.3 is 16.0 Å². The van der Waals surface area contributed by atoms with Crippen LogP contribution in [-0.4, -0.2) is 31.1 Å². The maximum absolute atomic E-state index is 12.1. The largest absolute Gasteiger partial charge is 0.367 e. The van der Waals surface area contributed by atoms with Crippen molar-refractivity contribution in [2.45, 2.75) is 44.7 Å². The maximum Gasteiger partial charge on any atom is 0.223 e. The minimum Gasteiger partial charge on any atom is -0.367 e. The fourth-order valence-electron chi connectivity index (χ4n) is 3.67. The zero-order valence-electron chi connectivity index (χ0n) is 13.5. The van der Waals surface area contributed by atoms with Crippen LogP contribution in [0, 0.1) is 5.92 Å². The van der Waals surface area contributed by atoms with Gasteiger partial charge in [-0.25, -0.2) is 0 Å². The summed E-state index contributed by atoms with van der Waals surface area (Å²) in [7, 11) is 0. The molecule has 1 saturated carbocycles. The van der Waals surface area contributed by atoms with Crippen LogP contribution in [0.3, 0.4) is 0 Å². The Morgan fingerprint density at radius 2 is 2.04 bits per heavy atom. The van der Waals surface area contributed by atoms with E-state index in [2.05, 4.69) is 41.4 Å². The molecule has 1 aliphatic carbocycles. The Bertz CT molecular complexity index is 526. The van der Waals surface area contributed by atoms with E-state index in [0.29, 0.717) is 12.6 Å². The minimum absolute atomic E-state index is 0.